The first-order valence-corrected chi connectivity index (χ1v) is 12.1. The number of halogens is 1. The number of anilines is 1. The molecule has 3 aromatic rings. The number of nitrogens with one attached hydrogen (secondary N) is 2. The summed E-state index contributed by atoms with van der Waals surface area (Å²) in [6.45, 7) is 8.62. The first kappa shape index (κ1) is 24.8. The van der Waals surface area contributed by atoms with E-state index in [4.69, 9.17) is 11.6 Å². The third-order valence-corrected chi connectivity index (χ3v) is 6.22. The molecule has 1 atom stereocenters. The predicted octanol–water partition coefficient (Wildman–Crippen LogP) is 5.12. The van der Waals surface area contributed by atoms with Gasteiger partial charge in [0.15, 0.2) is 11.0 Å². The highest BCUT2D eigenvalue weighted by molar-refractivity contribution is 7.99. The zero-order chi connectivity index (χ0) is 24.0. The van der Waals surface area contributed by atoms with Crippen LogP contribution >= 0.6 is 23.4 Å². The van der Waals surface area contributed by atoms with E-state index in [0.717, 1.165) is 5.56 Å². The van der Waals surface area contributed by atoms with Crippen LogP contribution in [0.2, 0.25) is 5.02 Å². The second kappa shape index (κ2) is 11.3. The number of carbonyl (C=O) groups excluding carboxylic acids is 2. The minimum atomic E-state index is -0.319. The van der Waals surface area contributed by atoms with Gasteiger partial charge in [-0.15, -0.1) is 10.2 Å². The van der Waals surface area contributed by atoms with Gasteiger partial charge in [0.1, 0.15) is 0 Å². The number of benzene rings is 2. The van der Waals surface area contributed by atoms with Crippen molar-refractivity contribution in [1.82, 2.24) is 20.1 Å². The first-order valence-electron chi connectivity index (χ1n) is 10.8. The van der Waals surface area contributed by atoms with Gasteiger partial charge in [-0.05, 0) is 50.1 Å². The summed E-state index contributed by atoms with van der Waals surface area (Å²) in [6.07, 6.45) is 0. The van der Waals surface area contributed by atoms with Gasteiger partial charge in [-0.3, -0.25) is 9.59 Å². The predicted molar refractivity (Wildman–Crippen MR) is 133 cm³/mol. The Morgan fingerprint density at radius 3 is 2.55 bits per heavy atom. The number of aryl methyl sites for hydroxylation is 1. The van der Waals surface area contributed by atoms with Crippen LogP contribution in [0.25, 0.3) is 0 Å². The molecule has 0 aliphatic heterocycles. The monoisotopic (exact) mass is 485 g/mol. The van der Waals surface area contributed by atoms with Crippen LogP contribution in [-0.4, -0.2) is 32.3 Å². The van der Waals surface area contributed by atoms with Crippen molar-refractivity contribution in [2.45, 2.75) is 45.4 Å². The van der Waals surface area contributed by atoms with E-state index in [2.05, 4.69) is 20.8 Å². The van der Waals surface area contributed by atoms with Crippen LogP contribution < -0.4 is 10.6 Å². The van der Waals surface area contributed by atoms with Gasteiger partial charge in [0.25, 0.3) is 5.91 Å². The Kier molecular flexibility index (Phi) is 8.52. The van der Waals surface area contributed by atoms with Gasteiger partial charge >= 0.3 is 0 Å². The third-order valence-electron chi connectivity index (χ3n) is 5.01. The van der Waals surface area contributed by atoms with Gasteiger partial charge in [0.2, 0.25) is 5.91 Å². The minimum Gasteiger partial charge on any atom is -0.342 e. The molecule has 0 aliphatic carbocycles. The largest absolute Gasteiger partial charge is 0.342 e. The number of hydrogen-bond acceptors (Lipinski definition) is 5. The van der Waals surface area contributed by atoms with E-state index in [1.165, 1.54) is 11.8 Å². The molecule has 0 fully saturated rings. The molecule has 0 bridgehead atoms. The maximum absolute atomic E-state index is 12.9. The molecule has 1 aromatic heterocycles. The molecule has 9 heteroatoms. The number of rotatable bonds is 9. The molecule has 0 saturated carbocycles. The van der Waals surface area contributed by atoms with Gasteiger partial charge in [-0.25, -0.2) is 0 Å². The van der Waals surface area contributed by atoms with Crippen LogP contribution in [0.3, 0.4) is 0 Å². The lowest BCUT2D eigenvalue weighted by Crippen LogP contribution is -2.33. The summed E-state index contributed by atoms with van der Waals surface area (Å²) in [4.78, 5) is 25.3. The van der Waals surface area contributed by atoms with E-state index in [0.29, 0.717) is 33.8 Å². The van der Waals surface area contributed by atoms with E-state index < -0.39 is 0 Å². The molecule has 0 radical (unpaired) electrons. The molecular weight excluding hydrogens is 458 g/mol. The van der Waals surface area contributed by atoms with Gasteiger partial charge in [0, 0.05) is 22.8 Å². The highest BCUT2D eigenvalue weighted by Crippen LogP contribution is 2.26. The average Bonchev–Trinajstić information content (AvgIpc) is 3.18. The maximum atomic E-state index is 12.9. The smallest absolute Gasteiger partial charge is 0.251 e. The topological polar surface area (TPSA) is 88.9 Å². The summed E-state index contributed by atoms with van der Waals surface area (Å²) in [5.74, 6) is 0.622. The standard InChI is InChI=1S/C24H28ClN5O2S/c1-5-30-22(21(15(2)3)27-23(32)17-9-6-8-16(4)12-17)28-29-24(30)33-14-20(31)26-19-11-7-10-18(25)13-19/h6-13,15,21H,5,14H2,1-4H3,(H,26,31)(H,27,32)/t21-/m1/s1. The molecule has 0 saturated heterocycles. The number of hydrogen-bond donors (Lipinski definition) is 2. The molecule has 1 heterocycles. The maximum Gasteiger partial charge on any atom is 0.251 e. The first-order chi connectivity index (χ1) is 15.8. The van der Waals surface area contributed by atoms with Crippen LogP contribution in [0.5, 0.6) is 0 Å². The fourth-order valence-corrected chi connectivity index (χ4v) is 4.37. The molecule has 0 spiro atoms. The zero-order valence-electron chi connectivity index (χ0n) is 19.1. The van der Waals surface area contributed by atoms with E-state index in [1.807, 2.05) is 50.5 Å². The quantitative estimate of drug-likeness (QED) is 0.411. The summed E-state index contributed by atoms with van der Waals surface area (Å²) in [5, 5.41) is 15.8. The second-order valence-corrected chi connectivity index (χ2v) is 9.38. The van der Waals surface area contributed by atoms with Crippen molar-refractivity contribution in [2.24, 2.45) is 5.92 Å². The third kappa shape index (κ3) is 6.58. The van der Waals surface area contributed by atoms with Crippen LogP contribution in [-0.2, 0) is 11.3 Å². The lowest BCUT2D eigenvalue weighted by Gasteiger charge is -2.22. The molecule has 0 aliphatic rings. The molecule has 2 N–H and O–H groups in total. The molecular formula is C24H28ClN5O2S. The molecule has 33 heavy (non-hydrogen) atoms. The molecule has 0 unspecified atom stereocenters. The molecule has 2 amide bonds. The Morgan fingerprint density at radius 1 is 1.12 bits per heavy atom. The van der Waals surface area contributed by atoms with Crippen LogP contribution in [0.1, 0.15) is 48.6 Å². The van der Waals surface area contributed by atoms with Crippen molar-refractivity contribution in [2.75, 3.05) is 11.1 Å². The average molecular weight is 486 g/mol. The van der Waals surface area contributed by atoms with Crippen molar-refractivity contribution in [1.29, 1.82) is 0 Å². The van der Waals surface area contributed by atoms with Crippen LogP contribution in [0.15, 0.2) is 53.7 Å². The van der Waals surface area contributed by atoms with Gasteiger partial charge in [-0.2, -0.15) is 0 Å². The molecule has 174 valence electrons. The van der Waals surface area contributed by atoms with Crippen molar-refractivity contribution in [3.05, 3.63) is 70.5 Å². The lowest BCUT2D eigenvalue weighted by atomic mass is 10.0. The number of aromatic nitrogens is 3. The number of carbonyl (C=O) groups is 2. The van der Waals surface area contributed by atoms with Crippen LogP contribution in [0.4, 0.5) is 5.69 Å². The lowest BCUT2D eigenvalue weighted by molar-refractivity contribution is -0.113. The number of thioether (sulfide) groups is 1. The Morgan fingerprint density at radius 2 is 1.88 bits per heavy atom. The molecule has 2 aromatic carbocycles. The summed E-state index contributed by atoms with van der Waals surface area (Å²) < 4.78 is 1.94. The molecule has 7 nitrogen and oxygen atoms in total. The van der Waals surface area contributed by atoms with Crippen molar-refractivity contribution >= 4 is 40.9 Å². The molecule has 3 rings (SSSR count). The normalized spacial score (nSPS) is 11.9. The fourth-order valence-electron chi connectivity index (χ4n) is 3.37. The summed E-state index contributed by atoms with van der Waals surface area (Å²) in [5.41, 5.74) is 2.27. The van der Waals surface area contributed by atoms with Gasteiger partial charge < -0.3 is 15.2 Å². The summed E-state index contributed by atoms with van der Waals surface area (Å²) in [7, 11) is 0. The SMILES string of the molecule is CCn1c(SCC(=O)Nc2cccc(Cl)c2)nnc1[C@H](NC(=O)c1cccc(C)c1)C(C)C. The van der Waals surface area contributed by atoms with Crippen molar-refractivity contribution in [3.63, 3.8) is 0 Å². The Labute approximate surface area is 203 Å². The fraction of sp³-hybridized carbons (Fsp3) is 0.333. The summed E-state index contributed by atoms with van der Waals surface area (Å²) >= 11 is 7.28. The highest BCUT2D eigenvalue weighted by atomic mass is 35.5. The number of amides is 2. The zero-order valence-corrected chi connectivity index (χ0v) is 20.7. The Bertz CT molecular complexity index is 1130. The van der Waals surface area contributed by atoms with E-state index in [-0.39, 0.29) is 29.5 Å². The highest BCUT2D eigenvalue weighted by Gasteiger charge is 2.26. The minimum absolute atomic E-state index is 0.0947. The van der Waals surface area contributed by atoms with Crippen molar-refractivity contribution in [3.8, 4) is 0 Å². The van der Waals surface area contributed by atoms with E-state index in [9.17, 15) is 9.59 Å². The number of nitrogens with zero attached hydrogens (tertiary/aromatic N) is 3. The van der Waals surface area contributed by atoms with Gasteiger partial charge in [-0.1, -0.05) is 61.0 Å². The summed E-state index contributed by atoms with van der Waals surface area (Å²) in [6, 6.07) is 14.2. The second-order valence-electron chi connectivity index (χ2n) is 8.00. The van der Waals surface area contributed by atoms with Crippen LogP contribution in [0, 0.1) is 12.8 Å². The van der Waals surface area contributed by atoms with E-state index in [1.54, 1.807) is 30.3 Å². The Hall–Kier alpha value is -2.84. The van der Waals surface area contributed by atoms with Crippen molar-refractivity contribution < 1.29 is 9.59 Å². The Balaban J connectivity index is 1.71. The van der Waals surface area contributed by atoms with E-state index >= 15 is 0 Å². The van der Waals surface area contributed by atoms with Gasteiger partial charge in [0.05, 0.1) is 11.8 Å².